The van der Waals surface area contributed by atoms with E-state index >= 15 is 0 Å². The largest absolute Gasteiger partial charge is 0.507 e. The molecule has 17 heavy (non-hydrogen) atoms. The highest BCUT2D eigenvalue weighted by Crippen LogP contribution is 2.12. The van der Waals surface area contributed by atoms with E-state index in [-0.39, 0.29) is 18.8 Å². The molecule has 6 heteroatoms. The van der Waals surface area contributed by atoms with Crippen molar-refractivity contribution in [2.45, 2.75) is 0 Å². The van der Waals surface area contributed by atoms with Gasteiger partial charge in [0.15, 0.2) is 0 Å². The zero-order valence-corrected chi connectivity index (χ0v) is 9.09. The van der Waals surface area contributed by atoms with Gasteiger partial charge in [-0.15, -0.1) is 0 Å². The summed E-state index contributed by atoms with van der Waals surface area (Å²) < 4.78 is 0. The van der Waals surface area contributed by atoms with Gasteiger partial charge in [0.25, 0.3) is 0 Å². The normalized spacial score (nSPS) is 10.4. The summed E-state index contributed by atoms with van der Waals surface area (Å²) in [6, 6.07) is 6.62. The van der Waals surface area contributed by atoms with Gasteiger partial charge in [-0.25, -0.2) is 0 Å². The highest BCUT2D eigenvalue weighted by atomic mass is 16.3. The summed E-state index contributed by atoms with van der Waals surface area (Å²) in [5, 5.41) is 11.7. The van der Waals surface area contributed by atoms with E-state index in [0.29, 0.717) is 5.56 Å². The zero-order valence-electron chi connectivity index (χ0n) is 9.09. The lowest BCUT2D eigenvalue weighted by Crippen LogP contribution is -2.34. The summed E-state index contributed by atoms with van der Waals surface area (Å²) in [6.07, 6.45) is 1.39. The van der Waals surface area contributed by atoms with Crippen LogP contribution in [0.2, 0.25) is 0 Å². The van der Waals surface area contributed by atoms with Crippen molar-refractivity contribution in [2.24, 2.45) is 10.7 Å². The molecule has 0 spiro atoms. The molecule has 4 N–H and O–H groups in total. The third-order valence-electron chi connectivity index (χ3n) is 1.86. The van der Waals surface area contributed by atoms with Crippen LogP contribution in [0.1, 0.15) is 5.56 Å². The Morgan fingerprint density at radius 3 is 2.76 bits per heavy atom. The fraction of sp³-hybridized carbons (Fsp3) is 0.182. The van der Waals surface area contributed by atoms with Crippen molar-refractivity contribution >= 4 is 18.0 Å². The third-order valence-corrected chi connectivity index (χ3v) is 1.86. The Bertz CT molecular complexity index is 443. The molecular formula is C11H13N3O3. The summed E-state index contributed by atoms with van der Waals surface area (Å²) in [4.78, 5) is 25.3. The average Bonchev–Trinajstić information content (AvgIpc) is 2.29. The lowest BCUT2D eigenvalue weighted by Gasteiger charge is -1.99. The van der Waals surface area contributed by atoms with Crippen LogP contribution in [0.5, 0.6) is 5.75 Å². The second kappa shape index (κ2) is 6.26. The van der Waals surface area contributed by atoms with Gasteiger partial charge in [0.05, 0.1) is 6.54 Å². The fourth-order valence-corrected chi connectivity index (χ4v) is 1.07. The number of hydrogen-bond acceptors (Lipinski definition) is 4. The van der Waals surface area contributed by atoms with E-state index in [4.69, 9.17) is 5.73 Å². The second-order valence-corrected chi connectivity index (χ2v) is 3.27. The smallest absolute Gasteiger partial charge is 0.242 e. The van der Waals surface area contributed by atoms with Crippen molar-refractivity contribution < 1.29 is 14.7 Å². The van der Waals surface area contributed by atoms with Crippen LogP contribution in [0, 0.1) is 0 Å². The van der Waals surface area contributed by atoms with Gasteiger partial charge in [0, 0.05) is 11.8 Å². The number of phenolic OH excluding ortho intramolecular Hbond substituents is 1. The van der Waals surface area contributed by atoms with Gasteiger partial charge >= 0.3 is 0 Å². The van der Waals surface area contributed by atoms with Crippen LogP contribution in [0.25, 0.3) is 0 Å². The number of primary amides is 1. The molecule has 0 aliphatic heterocycles. The number of carbonyl (C=O) groups is 2. The van der Waals surface area contributed by atoms with Crippen molar-refractivity contribution in [1.82, 2.24) is 5.32 Å². The minimum atomic E-state index is -0.608. The maximum Gasteiger partial charge on any atom is 0.242 e. The number of benzene rings is 1. The molecule has 0 aromatic heterocycles. The van der Waals surface area contributed by atoms with Crippen LogP contribution in [-0.4, -0.2) is 36.2 Å². The number of rotatable bonds is 5. The lowest BCUT2D eigenvalue weighted by atomic mass is 10.2. The minimum Gasteiger partial charge on any atom is -0.507 e. The number of nitrogens with two attached hydrogens (primary N) is 1. The number of hydrogen-bond donors (Lipinski definition) is 3. The number of phenols is 1. The highest BCUT2D eigenvalue weighted by Gasteiger charge is 2.00. The molecule has 0 heterocycles. The van der Waals surface area contributed by atoms with E-state index in [2.05, 4.69) is 10.3 Å². The third kappa shape index (κ3) is 4.78. The van der Waals surface area contributed by atoms with Crippen LogP contribution in [-0.2, 0) is 9.59 Å². The number of aromatic hydroxyl groups is 1. The van der Waals surface area contributed by atoms with E-state index in [1.165, 1.54) is 12.3 Å². The van der Waals surface area contributed by atoms with Crippen LogP contribution in [0.4, 0.5) is 0 Å². The maximum atomic E-state index is 11.1. The Morgan fingerprint density at radius 2 is 2.12 bits per heavy atom. The SMILES string of the molecule is NC(=O)CNC(=O)CN=Cc1ccccc1O. The fourth-order valence-electron chi connectivity index (χ4n) is 1.07. The van der Waals surface area contributed by atoms with Crippen molar-refractivity contribution in [2.75, 3.05) is 13.1 Å². The molecule has 0 radical (unpaired) electrons. The molecule has 1 aromatic carbocycles. The molecule has 0 saturated carbocycles. The standard InChI is InChI=1S/C11H13N3O3/c12-10(16)6-14-11(17)7-13-5-8-3-1-2-4-9(8)15/h1-5,15H,6-7H2,(H2,12,16)(H,14,17). The molecule has 0 atom stereocenters. The Hall–Kier alpha value is -2.37. The predicted octanol–water partition coefficient (Wildman–Crippen LogP) is -0.587. The van der Waals surface area contributed by atoms with Crippen LogP contribution in [0.15, 0.2) is 29.3 Å². The van der Waals surface area contributed by atoms with E-state index < -0.39 is 11.8 Å². The van der Waals surface area contributed by atoms with Gasteiger partial charge in [0.2, 0.25) is 11.8 Å². The van der Waals surface area contributed by atoms with Crippen LogP contribution < -0.4 is 11.1 Å². The summed E-state index contributed by atoms with van der Waals surface area (Å²) in [5.41, 5.74) is 5.38. The molecule has 6 nitrogen and oxygen atoms in total. The number of amides is 2. The first-order valence-corrected chi connectivity index (χ1v) is 4.92. The van der Waals surface area contributed by atoms with E-state index in [0.717, 1.165) is 0 Å². The summed E-state index contributed by atoms with van der Waals surface area (Å²) in [7, 11) is 0. The number of nitrogens with one attached hydrogen (secondary N) is 1. The first-order chi connectivity index (χ1) is 8.09. The molecule has 0 aliphatic rings. The molecule has 1 aromatic rings. The van der Waals surface area contributed by atoms with E-state index in [9.17, 15) is 14.7 Å². The molecule has 0 unspecified atom stereocenters. The van der Waals surface area contributed by atoms with E-state index in [1.54, 1.807) is 18.2 Å². The van der Waals surface area contributed by atoms with Crippen molar-refractivity contribution in [3.8, 4) is 5.75 Å². The number of carbonyl (C=O) groups excluding carboxylic acids is 2. The van der Waals surface area contributed by atoms with Gasteiger partial charge < -0.3 is 16.2 Å². The summed E-state index contributed by atoms with van der Waals surface area (Å²) in [6.45, 7) is -0.327. The predicted molar refractivity (Wildman–Crippen MR) is 62.8 cm³/mol. The monoisotopic (exact) mass is 235 g/mol. The molecule has 2 amide bonds. The molecule has 0 bridgehead atoms. The first kappa shape index (κ1) is 12.7. The number of nitrogens with zero attached hydrogens (tertiary/aromatic N) is 1. The van der Waals surface area contributed by atoms with Crippen molar-refractivity contribution in [3.63, 3.8) is 0 Å². The van der Waals surface area contributed by atoms with Gasteiger partial charge in [0.1, 0.15) is 12.3 Å². The van der Waals surface area contributed by atoms with Gasteiger partial charge in [-0.05, 0) is 12.1 Å². The summed E-state index contributed by atoms with van der Waals surface area (Å²) in [5.74, 6) is -0.924. The topological polar surface area (TPSA) is 105 Å². The van der Waals surface area contributed by atoms with E-state index in [1.807, 2.05) is 0 Å². The van der Waals surface area contributed by atoms with Gasteiger partial charge in [-0.3, -0.25) is 14.6 Å². The Morgan fingerprint density at radius 1 is 1.41 bits per heavy atom. The maximum absolute atomic E-state index is 11.1. The van der Waals surface area contributed by atoms with Gasteiger partial charge in [-0.2, -0.15) is 0 Å². The van der Waals surface area contributed by atoms with Gasteiger partial charge in [-0.1, -0.05) is 12.1 Å². The lowest BCUT2D eigenvalue weighted by molar-refractivity contribution is -0.123. The Labute approximate surface area is 98.2 Å². The first-order valence-electron chi connectivity index (χ1n) is 4.92. The Kier molecular flexibility index (Phi) is 4.68. The minimum absolute atomic E-state index is 0.0915. The van der Waals surface area contributed by atoms with Crippen molar-refractivity contribution in [3.05, 3.63) is 29.8 Å². The highest BCUT2D eigenvalue weighted by molar-refractivity contribution is 5.88. The Balaban J connectivity index is 2.43. The molecule has 90 valence electrons. The number of para-hydroxylation sites is 1. The average molecular weight is 235 g/mol. The van der Waals surface area contributed by atoms with Crippen LogP contribution in [0.3, 0.4) is 0 Å². The second-order valence-electron chi connectivity index (χ2n) is 3.27. The van der Waals surface area contributed by atoms with Crippen molar-refractivity contribution in [1.29, 1.82) is 0 Å². The molecule has 0 saturated heterocycles. The van der Waals surface area contributed by atoms with Crippen LogP contribution >= 0.6 is 0 Å². The molecule has 0 aliphatic carbocycles. The number of aliphatic imine (C=N–C) groups is 1. The quantitative estimate of drug-likeness (QED) is 0.594. The molecule has 1 rings (SSSR count). The zero-order chi connectivity index (χ0) is 12.7. The molecule has 0 fully saturated rings. The molecular weight excluding hydrogens is 222 g/mol. The summed E-state index contributed by atoms with van der Waals surface area (Å²) >= 11 is 0.